The molecule has 0 aliphatic heterocycles. The lowest BCUT2D eigenvalue weighted by Gasteiger charge is -2.16. The lowest BCUT2D eigenvalue weighted by Crippen LogP contribution is -2.06. The molecule has 0 aliphatic carbocycles. The molecule has 0 bridgehead atoms. The van der Waals surface area contributed by atoms with Gasteiger partial charge in [0.2, 0.25) is 0 Å². The van der Waals surface area contributed by atoms with Crippen molar-refractivity contribution < 1.29 is 4.39 Å². The van der Waals surface area contributed by atoms with Crippen molar-refractivity contribution in [3.8, 4) is 0 Å². The van der Waals surface area contributed by atoms with E-state index >= 15 is 0 Å². The van der Waals surface area contributed by atoms with Crippen LogP contribution < -0.4 is 5.32 Å². The summed E-state index contributed by atoms with van der Waals surface area (Å²) in [6.45, 7) is 2.00. The Labute approximate surface area is 116 Å². The zero-order valence-electron chi connectivity index (χ0n) is 9.75. The van der Waals surface area contributed by atoms with Crippen molar-refractivity contribution >= 4 is 28.9 Å². The molecular formula is C14H12Cl2FN. The maximum atomic E-state index is 13.3. The van der Waals surface area contributed by atoms with Gasteiger partial charge in [0.1, 0.15) is 5.82 Å². The molecule has 1 unspecified atom stereocenters. The molecule has 0 heterocycles. The quantitative estimate of drug-likeness (QED) is 0.805. The molecule has 4 heteroatoms. The van der Waals surface area contributed by atoms with Crippen molar-refractivity contribution in [1.29, 1.82) is 0 Å². The van der Waals surface area contributed by atoms with Crippen molar-refractivity contribution in [3.05, 3.63) is 63.9 Å². The van der Waals surface area contributed by atoms with Gasteiger partial charge in [0, 0.05) is 16.8 Å². The highest BCUT2D eigenvalue weighted by atomic mass is 35.5. The van der Waals surface area contributed by atoms with E-state index in [9.17, 15) is 4.39 Å². The van der Waals surface area contributed by atoms with E-state index in [-0.39, 0.29) is 11.1 Å². The second kappa shape index (κ2) is 5.59. The van der Waals surface area contributed by atoms with E-state index in [1.165, 1.54) is 12.1 Å². The van der Waals surface area contributed by atoms with E-state index in [1.807, 2.05) is 31.2 Å². The summed E-state index contributed by atoms with van der Waals surface area (Å²) in [5, 5.41) is 4.03. The Kier molecular flexibility index (Phi) is 4.10. The van der Waals surface area contributed by atoms with E-state index < -0.39 is 5.82 Å². The molecule has 0 amide bonds. The maximum absolute atomic E-state index is 13.3. The first kappa shape index (κ1) is 13.2. The average Bonchev–Trinajstić information content (AvgIpc) is 2.34. The SMILES string of the molecule is CC(Nc1ccc(Cl)c(F)c1)c1ccc(Cl)cc1. The Morgan fingerprint density at radius 2 is 1.72 bits per heavy atom. The van der Waals surface area contributed by atoms with Gasteiger partial charge < -0.3 is 5.32 Å². The third-order valence-corrected chi connectivity index (χ3v) is 3.23. The zero-order chi connectivity index (χ0) is 13.1. The molecule has 0 radical (unpaired) electrons. The van der Waals surface area contributed by atoms with E-state index in [2.05, 4.69) is 5.32 Å². The Balaban J connectivity index is 2.13. The topological polar surface area (TPSA) is 12.0 Å². The van der Waals surface area contributed by atoms with Gasteiger partial charge in [-0.25, -0.2) is 4.39 Å². The van der Waals surface area contributed by atoms with E-state index in [4.69, 9.17) is 23.2 Å². The molecule has 0 aliphatic rings. The number of hydrogen-bond donors (Lipinski definition) is 1. The van der Waals surface area contributed by atoms with E-state index in [0.717, 1.165) is 5.56 Å². The van der Waals surface area contributed by atoms with E-state index in [1.54, 1.807) is 6.07 Å². The summed E-state index contributed by atoms with van der Waals surface area (Å²) in [6.07, 6.45) is 0. The lowest BCUT2D eigenvalue weighted by molar-refractivity contribution is 0.628. The van der Waals surface area contributed by atoms with Crippen molar-refractivity contribution in [3.63, 3.8) is 0 Å². The minimum atomic E-state index is -0.426. The van der Waals surface area contributed by atoms with Crippen molar-refractivity contribution in [2.75, 3.05) is 5.32 Å². The Hall–Kier alpha value is -1.25. The van der Waals surface area contributed by atoms with Gasteiger partial charge in [0.05, 0.1) is 5.02 Å². The van der Waals surface area contributed by atoms with Crippen LogP contribution in [0.3, 0.4) is 0 Å². The van der Waals surface area contributed by atoms with Crippen LogP contribution in [0.15, 0.2) is 42.5 Å². The third kappa shape index (κ3) is 3.15. The molecule has 2 rings (SSSR count). The van der Waals surface area contributed by atoms with Crippen LogP contribution in [0.1, 0.15) is 18.5 Å². The molecule has 0 saturated carbocycles. The second-order valence-electron chi connectivity index (χ2n) is 4.05. The van der Waals surface area contributed by atoms with Crippen molar-refractivity contribution in [1.82, 2.24) is 0 Å². The first-order chi connectivity index (χ1) is 8.56. The summed E-state index contributed by atoms with van der Waals surface area (Å²) in [7, 11) is 0. The van der Waals surface area contributed by atoms with Crippen molar-refractivity contribution in [2.24, 2.45) is 0 Å². The molecular weight excluding hydrogens is 272 g/mol. The van der Waals surface area contributed by atoms with Gasteiger partial charge in [-0.1, -0.05) is 35.3 Å². The first-order valence-corrected chi connectivity index (χ1v) is 6.29. The van der Waals surface area contributed by atoms with Gasteiger partial charge in [-0.05, 0) is 42.8 Å². The standard InChI is InChI=1S/C14H12Cl2FN/c1-9(10-2-4-11(15)5-3-10)18-12-6-7-13(16)14(17)8-12/h2-9,18H,1H3. The fourth-order valence-electron chi connectivity index (χ4n) is 1.67. The number of halogens is 3. The molecule has 2 aromatic carbocycles. The summed E-state index contributed by atoms with van der Waals surface area (Å²) in [4.78, 5) is 0. The molecule has 0 aromatic heterocycles. The first-order valence-electron chi connectivity index (χ1n) is 5.53. The molecule has 1 N–H and O–H groups in total. The molecule has 0 fully saturated rings. The zero-order valence-corrected chi connectivity index (χ0v) is 11.3. The van der Waals surface area contributed by atoms with Crippen LogP contribution in [-0.4, -0.2) is 0 Å². The van der Waals surface area contributed by atoms with Gasteiger partial charge in [-0.2, -0.15) is 0 Å². The molecule has 1 atom stereocenters. The predicted octanol–water partition coefficient (Wildman–Crippen LogP) is 5.31. The minimum Gasteiger partial charge on any atom is -0.378 e. The highest BCUT2D eigenvalue weighted by Crippen LogP contribution is 2.23. The smallest absolute Gasteiger partial charge is 0.143 e. The second-order valence-corrected chi connectivity index (χ2v) is 4.89. The monoisotopic (exact) mass is 283 g/mol. The molecule has 0 saturated heterocycles. The van der Waals surface area contributed by atoms with Crippen LogP contribution >= 0.6 is 23.2 Å². The molecule has 18 heavy (non-hydrogen) atoms. The van der Waals surface area contributed by atoms with Crippen LogP contribution in [0.4, 0.5) is 10.1 Å². The van der Waals surface area contributed by atoms with Gasteiger partial charge in [-0.15, -0.1) is 0 Å². The van der Waals surface area contributed by atoms with Crippen LogP contribution in [-0.2, 0) is 0 Å². The highest BCUT2D eigenvalue weighted by Gasteiger charge is 2.07. The van der Waals surface area contributed by atoms with Crippen LogP contribution in [0.25, 0.3) is 0 Å². The number of anilines is 1. The summed E-state index contributed by atoms with van der Waals surface area (Å²) in [6, 6.07) is 12.3. The predicted molar refractivity (Wildman–Crippen MR) is 74.9 cm³/mol. The maximum Gasteiger partial charge on any atom is 0.143 e. The Morgan fingerprint density at radius 3 is 2.33 bits per heavy atom. The van der Waals surface area contributed by atoms with Gasteiger partial charge in [0.25, 0.3) is 0 Å². The minimum absolute atomic E-state index is 0.0582. The van der Waals surface area contributed by atoms with Crippen LogP contribution in [0.2, 0.25) is 10.0 Å². The number of hydrogen-bond acceptors (Lipinski definition) is 1. The Bertz CT molecular complexity index is 540. The number of rotatable bonds is 3. The normalized spacial score (nSPS) is 12.2. The number of nitrogens with one attached hydrogen (secondary N) is 1. The molecule has 2 aromatic rings. The van der Waals surface area contributed by atoms with Gasteiger partial charge in [-0.3, -0.25) is 0 Å². The summed E-state index contributed by atoms with van der Waals surface area (Å²) >= 11 is 11.5. The molecule has 0 spiro atoms. The van der Waals surface area contributed by atoms with Crippen LogP contribution in [0, 0.1) is 5.82 Å². The highest BCUT2D eigenvalue weighted by molar-refractivity contribution is 6.31. The fraction of sp³-hybridized carbons (Fsp3) is 0.143. The van der Waals surface area contributed by atoms with Gasteiger partial charge in [0.15, 0.2) is 0 Å². The summed E-state index contributed by atoms with van der Waals surface area (Å²) in [5.41, 5.74) is 1.77. The van der Waals surface area contributed by atoms with Gasteiger partial charge >= 0.3 is 0 Å². The average molecular weight is 284 g/mol. The third-order valence-electron chi connectivity index (χ3n) is 2.67. The summed E-state index contributed by atoms with van der Waals surface area (Å²) < 4.78 is 13.3. The van der Waals surface area contributed by atoms with Crippen molar-refractivity contribution in [2.45, 2.75) is 13.0 Å². The lowest BCUT2D eigenvalue weighted by atomic mass is 10.1. The summed E-state index contributed by atoms with van der Waals surface area (Å²) in [5.74, 6) is -0.426. The van der Waals surface area contributed by atoms with Crippen LogP contribution in [0.5, 0.6) is 0 Å². The molecule has 1 nitrogen and oxygen atoms in total. The number of benzene rings is 2. The van der Waals surface area contributed by atoms with E-state index in [0.29, 0.717) is 10.7 Å². The largest absolute Gasteiger partial charge is 0.378 e. The Morgan fingerprint density at radius 1 is 1.06 bits per heavy atom. The molecule has 94 valence electrons. The fourth-order valence-corrected chi connectivity index (χ4v) is 1.91.